The fourth-order valence-electron chi connectivity index (χ4n) is 3.39. The number of anilines is 1. The van der Waals surface area contributed by atoms with Gasteiger partial charge in [-0.3, -0.25) is 0 Å². The Morgan fingerprint density at radius 1 is 1.30 bits per heavy atom. The van der Waals surface area contributed by atoms with Crippen molar-refractivity contribution in [2.24, 2.45) is 0 Å². The fraction of sp³-hybridized carbons (Fsp3) is 0.647. The molecule has 1 aliphatic rings. The van der Waals surface area contributed by atoms with Gasteiger partial charge in [0.1, 0.15) is 0 Å². The van der Waals surface area contributed by atoms with Crippen molar-refractivity contribution in [2.45, 2.75) is 59.0 Å². The van der Waals surface area contributed by atoms with Crippen LogP contribution in [0.1, 0.15) is 44.2 Å². The van der Waals surface area contributed by atoms with E-state index in [1.165, 1.54) is 40.5 Å². The van der Waals surface area contributed by atoms with Gasteiger partial charge in [0.25, 0.3) is 0 Å². The molecule has 0 spiro atoms. The summed E-state index contributed by atoms with van der Waals surface area (Å²) in [7, 11) is 0. The lowest BCUT2D eigenvalue weighted by molar-refractivity contribution is 0.368. The van der Waals surface area contributed by atoms with Crippen LogP contribution in [-0.2, 0) is 0 Å². The van der Waals surface area contributed by atoms with Gasteiger partial charge in [-0.15, -0.1) is 0 Å². The average Bonchev–Trinajstić information content (AvgIpc) is 2.37. The quantitative estimate of drug-likeness (QED) is 0.873. The zero-order valence-electron chi connectivity index (χ0n) is 13.2. The van der Waals surface area contributed by atoms with Crippen molar-refractivity contribution in [3.8, 4) is 0 Å². The number of benzene rings is 1. The van der Waals surface area contributed by atoms with Crippen molar-refractivity contribution in [2.75, 3.05) is 18.0 Å². The van der Waals surface area contributed by atoms with Gasteiger partial charge in [-0.25, -0.2) is 0 Å². The van der Waals surface area contributed by atoms with Crippen LogP contribution in [0.15, 0.2) is 16.6 Å². The van der Waals surface area contributed by atoms with E-state index in [1.807, 2.05) is 0 Å². The highest BCUT2D eigenvalue weighted by molar-refractivity contribution is 9.10. The third-order valence-corrected chi connectivity index (χ3v) is 4.76. The molecule has 0 saturated carbocycles. The second kappa shape index (κ2) is 6.95. The minimum Gasteiger partial charge on any atom is -0.368 e. The molecule has 1 aromatic rings. The smallest absolute Gasteiger partial charge is 0.0428 e. The Kier molecular flexibility index (Phi) is 5.50. The SMILES string of the molecule is CCCNC1CCN(c2c(C)cc(Br)cc2C)C(C)C1. The predicted molar refractivity (Wildman–Crippen MR) is 91.7 cm³/mol. The molecule has 0 radical (unpaired) electrons. The number of aryl methyl sites for hydroxylation is 2. The lowest BCUT2D eigenvalue weighted by atomic mass is 9.95. The molecule has 1 aliphatic heterocycles. The summed E-state index contributed by atoms with van der Waals surface area (Å²) in [6.07, 6.45) is 3.72. The van der Waals surface area contributed by atoms with Gasteiger partial charge in [0, 0.05) is 28.8 Å². The first-order chi connectivity index (χ1) is 9.52. The third-order valence-electron chi connectivity index (χ3n) is 4.30. The van der Waals surface area contributed by atoms with Crippen molar-refractivity contribution in [1.82, 2.24) is 5.32 Å². The van der Waals surface area contributed by atoms with Crippen LogP contribution < -0.4 is 10.2 Å². The van der Waals surface area contributed by atoms with Gasteiger partial charge < -0.3 is 10.2 Å². The number of halogens is 1. The summed E-state index contributed by atoms with van der Waals surface area (Å²) in [6.45, 7) is 11.4. The molecule has 2 nitrogen and oxygen atoms in total. The second-order valence-corrected chi connectivity index (χ2v) is 7.02. The molecule has 2 atom stereocenters. The zero-order chi connectivity index (χ0) is 14.7. The monoisotopic (exact) mass is 338 g/mol. The Morgan fingerprint density at radius 2 is 1.95 bits per heavy atom. The molecule has 0 aliphatic carbocycles. The maximum Gasteiger partial charge on any atom is 0.0428 e. The predicted octanol–water partition coefficient (Wildman–Crippen LogP) is 4.42. The molecule has 20 heavy (non-hydrogen) atoms. The Labute approximate surface area is 132 Å². The Morgan fingerprint density at radius 3 is 2.50 bits per heavy atom. The van der Waals surface area contributed by atoms with Crippen molar-refractivity contribution in [3.63, 3.8) is 0 Å². The first-order valence-corrected chi connectivity index (χ1v) is 8.59. The van der Waals surface area contributed by atoms with Gasteiger partial charge in [-0.2, -0.15) is 0 Å². The van der Waals surface area contributed by atoms with Crippen LogP contribution in [0.25, 0.3) is 0 Å². The van der Waals surface area contributed by atoms with E-state index in [2.05, 4.69) is 66.0 Å². The summed E-state index contributed by atoms with van der Waals surface area (Å²) in [5.74, 6) is 0. The molecule has 1 N–H and O–H groups in total. The number of hydrogen-bond donors (Lipinski definition) is 1. The Balaban J connectivity index is 2.12. The summed E-state index contributed by atoms with van der Waals surface area (Å²) < 4.78 is 1.18. The van der Waals surface area contributed by atoms with Gasteiger partial charge in [0.05, 0.1) is 0 Å². The van der Waals surface area contributed by atoms with Crippen LogP contribution in [0.3, 0.4) is 0 Å². The van der Waals surface area contributed by atoms with Crippen molar-refractivity contribution >= 4 is 21.6 Å². The molecular formula is C17H27BrN2. The molecule has 3 heteroatoms. The lowest BCUT2D eigenvalue weighted by Gasteiger charge is -2.41. The summed E-state index contributed by atoms with van der Waals surface area (Å²) in [5.41, 5.74) is 4.20. The molecule has 0 amide bonds. The highest BCUT2D eigenvalue weighted by atomic mass is 79.9. The van der Waals surface area contributed by atoms with Gasteiger partial charge >= 0.3 is 0 Å². The minimum absolute atomic E-state index is 0.608. The fourth-order valence-corrected chi connectivity index (χ4v) is 4.08. The van der Waals surface area contributed by atoms with E-state index in [4.69, 9.17) is 0 Å². The van der Waals surface area contributed by atoms with E-state index < -0.39 is 0 Å². The van der Waals surface area contributed by atoms with Gasteiger partial charge in [0.15, 0.2) is 0 Å². The Hall–Kier alpha value is -0.540. The maximum atomic E-state index is 3.68. The molecule has 2 unspecified atom stereocenters. The van der Waals surface area contributed by atoms with Crippen LogP contribution in [0.4, 0.5) is 5.69 Å². The van der Waals surface area contributed by atoms with E-state index in [9.17, 15) is 0 Å². The number of nitrogens with zero attached hydrogens (tertiary/aromatic N) is 1. The van der Waals surface area contributed by atoms with Crippen LogP contribution in [0, 0.1) is 13.8 Å². The number of hydrogen-bond acceptors (Lipinski definition) is 2. The van der Waals surface area contributed by atoms with Gasteiger partial charge in [-0.1, -0.05) is 22.9 Å². The molecule has 1 aromatic carbocycles. The van der Waals surface area contributed by atoms with Gasteiger partial charge in [-0.05, 0) is 69.8 Å². The van der Waals surface area contributed by atoms with Crippen molar-refractivity contribution < 1.29 is 0 Å². The van der Waals surface area contributed by atoms with E-state index in [-0.39, 0.29) is 0 Å². The molecular weight excluding hydrogens is 312 g/mol. The number of nitrogens with one attached hydrogen (secondary N) is 1. The zero-order valence-corrected chi connectivity index (χ0v) is 14.8. The highest BCUT2D eigenvalue weighted by Crippen LogP contribution is 2.33. The summed E-state index contributed by atoms with van der Waals surface area (Å²) in [6, 6.07) is 5.77. The minimum atomic E-state index is 0.608. The Bertz CT molecular complexity index is 435. The maximum absolute atomic E-state index is 3.68. The molecule has 1 heterocycles. The van der Waals surface area contributed by atoms with E-state index in [1.54, 1.807) is 0 Å². The van der Waals surface area contributed by atoms with Crippen LogP contribution in [0.5, 0.6) is 0 Å². The van der Waals surface area contributed by atoms with E-state index in [0.717, 1.165) is 13.1 Å². The normalized spacial score (nSPS) is 23.1. The third kappa shape index (κ3) is 3.56. The number of piperidine rings is 1. The van der Waals surface area contributed by atoms with Crippen LogP contribution >= 0.6 is 15.9 Å². The van der Waals surface area contributed by atoms with E-state index >= 15 is 0 Å². The largest absolute Gasteiger partial charge is 0.368 e. The van der Waals surface area contributed by atoms with Gasteiger partial charge in [0.2, 0.25) is 0 Å². The molecule has 1 fully saturated rings. The standard InChI is InChI=1S/C17H27BrN2/c1-5-7-19-16-6-8-20(14(4)11-16)17-12(2)9-15(18)10-13(17)3/h9-10,14,16,19H,5-8,11H2,1-4H3. The van der Waals surface area contributed by atoms with Crippen LogP contribution in [0.2, 0.25) is 0 Å². The van der Waals surface area contributed by atoms with Crippen molar-refractivity contribution in [3.05, 3.63) is 27.7 Å². The summed E-state index contributed by atoms with van der Waals surface area (Å²) in [5, 5.41) is 3.68. The molecule has 112 valence electrons. The molecule has 0 aromatic heterocycles. The van der Waals surface area contributed by atoms with Crippen molar-refractivity contribution in [1.29, 1.82) is 0 Å². The second-order valence-electron chi connectivity index (χ2n) is 6.11. The van der Waals surface area contributed by atoms with E-state index in [0.29, 0.717) is 12.1 Å². The average molecular weight is 339 g/mol. The van der Waals surface area contributed by atoms with Crippen LogP contribution in [-0.4, -0.2) is 25.2 Å². The molecule has 2 rings (SSSR count). The first-order valence-electron chi connectivity index (χ1n) is 7.79. The number of rotatable bonds is 4. The first kappa shape index (κ1) is 15.8. The summed E-state index contributed by atoms with van der Waals surface area (Å²) >= 11 is 3.60. The molecule has 0 bridgehead atoms. The lowest BCUT2D eigenvalue weighted by Crippen LogP contribution is -2.48. The summed E-state index contributed by atoms with van der Waals surface area (Å²) in [4.78, 5) is 2.60. The molecule has 1 saturated heterocycles. The highest BCUT2D eigenvalue weighted by Gasteiger charge is 2.26. The topological polar surface area (TPSA) is 15.3 Å².